The summed E-state index contributed by atoms with van der Waals surface area (Å²) < 4.78 is 5.59. The molecule has 2 heteroatoms. The lowest BCUT2D eigenvalue weighted by molar-refractivity contribution is -0.126. The van der Waals surface area contributed by atoms with Crippen molar-refractivity contribution in [3.63, 3.8) is 0 Å². The van der Waals surface area contributed by atoms with E-state index in [1.54, 1.807) is 0 Å². The normalized spacial score (nSPS) is 45.1. The number of carbonyl (C=O) groups excluding carboxylic acids is 1. The maximum Gasteiger partial charge on any atom is 0.151 e. The first-order valence-electron chi connectivity index (χ1n) is 5.39. The second-order valence-electron chi connectivity index (χ2n) is 5.10. The van der Waals surface area contributed by atoms with Crippen molar-refractivity contribution in [1.29, 1.82) is 0 Å². The molecule has 2 nitrogen and oxygen atoms in total. The maximum atomic E-state index is 11.0. The van der Waals surface area contributed by atoms with Crippen molar-refractivity contribution in [3.8, 4) is 0 Å². The maximum absolute atomic E-state index is 11.0. The molecule has 1 saturated heterocycles. The SMILES string of the molecule is O=CC1(CC2CC23CC3)CCCO1. The molecule has 0 N–H and O–H groups in total. The molecular weight excluding hydrogens is 164 g/mol. The Morgan fingerprint density at radius 2 is 2.23 bits per heavy atom. The van der Waals surface area contributed by atoms with Gasteiger partial charge in [0.15, 0.2) is 6.29 Å². The fraction of sp³-hybridized carbons (Fsp3) is 0.909. The highest BCUT2D eigenvalue weighted by Crippen LogP contribution is 2.72. The standard InChI is InChI=1S/C11H16O2/c12-8-11(2-1-5-13-11)7-9-6-10(9)3-4-10/h8-9H,1-7H2. The highest BCUT2D eigenvalue weighted by atomic mass is 16.5. The summed E-state index contributed by atoms with van der Waals surface area (Å²) in [7, 11) is 0. The molecule has 2 aliphatic carbocycles. The Labute approximate surface area is 78.6 Å². The summed E-state index contributed by atoms with van der Waals surface area (Å²) in [5.74, 6) is 0.816. The number of ether oxygens (including phenoxy) is 1. The molecule has 2 unspecified atom stereocenters. The fourth-order valence-corrected chi connectivity index (χ4v) is 2.93. The van der Waals surface area contributed by atoms with E-state index in [-0.39, 0.29) is 5.60 Å². The zero-order valence-corrected chi connectivity index (χ0v) is 7.92. The molecule has 2 saturated carbocycles. The number of rotatable bonds is 3. The van der Waals surface area contributed by atoms with Crippen LogP contribution in [0.3, 0.4) is 0 Å². The van der Waals surface area contributed by atoms with Crippen molar-refractivity contribution in [1.82, 2.24) is 0 Å². The van der Waals surface area contributed by atoms with Gasteiger partial charge < -0.3 is 9.53 Å². The minimum absolute atomic E-state index is 0.364. The molecule has 0 radical (unpaired) electrons. The number of hydrogen-bond donors (Lipinski definition) is 0. The average molecular weight is 180 g/mol. The van der Waals surface area contributed by atoms with Gasteiger partial charge in [-0.25, -0.2) is 0 Å². The molecule has 0 amide bonds. The fourth-order valence-electron chi connectivity index (χ4n) is 2.93. The Hall–Kier alpha value is -0.370. The van der Waals surface area contributed by atoms with Crippen molar-refractivity contribution in [3.05, 3.63) is 0 Å². The van der Waals surface area contributed by atoms with Crippen LogP contribution in [0.1, 0.15) is 38.5 Å². The van der Waals surface area contributed by atoms with Crippen molar-refractivity contribution in [2.24, 2.45) is 11.3 Å². The van der Waals surface area contributed by atoms with Crippen molar-refractivity contribution in [2.75, 3.05) is 6.61 Å². The van der Waals surface area contributed by atoms with Crippen LogP contribution in [-0.4, -0.2) is 18.5 Å². The lowest BCUT2D eigenvalue weighted by Crippen LogP contribution is -2.30. The van der Waals surface area contributed by atoms with Crippen LogP contribution in [0, 0.1) is 11.3 Å². The Morgan fingerprint density at radius 1 is 1.38 bits per heavy atom. The molecule has 3 aliphatic rings. The molecule has 0 aromatic heterocycles. The first kappa shape index (κ1) is 7.98. The van der Waals surface area contributed by atoms with E-state index in [0.29, 0.717) is 5.41 Å². The first-order chi connectivity index (χ1) is 6.29. The van der Waals surface area contributed by atoms with Gasteiger partial charge in [-0.3, -0.25) is 0 Å². The largest absolute Gasteiger partial charge is 0.368 e. The molecule has 2 atom stereocenters. The van der Waals surface area contributed by atoms with Crippen LogP contribution in [0.5, 0.6) is 0 Å². The molecule has 3 fully saturated rings. The van der Waals surface area contributed by atoms with Gasteiger partial charge in [-0.2, -0.15) is 0 Å². The molecule has 1 heterocycles. The first-order valence-corrected chi connectivity index (χ1v) is 5.39. The zero-order chi connectivity index (χ0) is 8.94. The van der Waals surface area contributed by atoms with Crippen LogP contribution in [0.4, 0.5) is 0 Å². The summed E-state index contributed by atoms with van der Waals surface area (Å²) in [6.07, 6.45) is 8.29. The van der Waals surface area contributed by atoms with Crippen LogP contribution in [0.2, 0.25) is 0 Å². The van der Waals surface area contributed by atoms with Crippen LogP contribution in [0.25, 0.3) is 0 Å². The predicted octanol–water partition coefficient (Wildman–Crippen LogP) is 1.92. The van der Waals surface area contributed by atoms with E-state index >= 15 is 0 Å². The van der Waals surface area contributed by atoms with E-state index in [2.05, 4.69) is 0 Å². The summed E-state index contributed by atoms with van der Waals surface area (Å²) in [5.41, 5.74) is 0.346. The summed E-state index contributed by atoms with van der Waals surface area (Å²) in [6.45, 7) is 0.790. The molecule has 0 aromatic rings. The number of carbonyl (C=O) groups is 1. The Morgan fingerprint density at radius 3 is 2.69 bits per heavy atom. The van der Waals surface area contributed by atoms with E-state index in [1.165, 1.54) is 19.3 Å². The quantitative estimate of drug-likeness (QED) is 0.620. The third-order valence-electron chi connectivity index (χ3n) is 4.19. The van der Waals surface area contributed by atoms with Gasteiger partial charge in [0.1, 0.15) is 5.60 Å². The van der Waals surface area contributed by atoms with Gasteiger partial charge in [0.25, 0.3) is 0 Å². The van der Waals surface area contributed by atoms with Crippen molar-refractivity contribution >= 4 is 6.29 Å². The molecule has 72 valence electrons. The number of aldehydes is 1. The second-order valence-corrected chi connectivity index (χ2v) is 5.10. The topological polar surface area (TPSA) is 26.3 Å². The summed E-state index contributed by atoms with van der Waals surface area (Å²) in [5, 5.41) is 0. The lowest BCUT2D eigenvalue weighted by atomic mass is 9.94. The van der Waals surface area contributed by atoms with E-state index < -0.39 is 0 Å². The molecule has 13 heavy (non-hydrogen) atoms. The Balaban J connectivity index is 1.65. The van der Waals surface area contributed by atoms with E-state index in [0.717, 1.165) is 38.1 Å². The molecule has 1 aliphatic heterocycles. The minimum atomic E-state index is -0.364. The third kappa shape index (κ3) is 1.15. The zero-order valence-electron chi connectivity index (χ0n) is 7.92. The third-order valence-corrected chi connectivity index (χ3v) is 4.19. The van der Waals surface area contributed by atoms with Gasteiger partial charge in [0.05, 0.1) is 0 Å². The average Bonchev–Trinajstić information content (AvgIpc) is 3.00. The lowest BCUT2D eigenvalue weighted by Gasteiger charge is -2.21. The monoisotopic (exact) mass is 180 g/mol. The van der Waals surface area contributed by atoms with Gasteiger partial charge in [-0.15, -0.1) is 0 Å². The molecule has 1 spiro atoms. The Kier molecular flexibility index (Phi) is 1.44. The van der Waals surface area contributed by atoms with Crippen molar-refractivity contribution in [2.45, 2.75) is 44.1 Å². The molecule has 0 aromatic carbocycles. The van der Waals surface area contributed by atoms with E-state index in [9.17, 15) is 4.79 Å². The van der Waals surface area contributed by atoms with Crippen LogP contribution in [-0.2, 0) is 9.53 Å². The predicted molar refractivity (Wildman–Crippen MR) is 48.4 cm³/mol. The molecule has 0 bridgehead atoms. The summed E-state index contributed by atoms with van der Waals surface area (Å²) in [6, 6.07) is 0. The van der Waals surface area contributed by atoms with Crippen molar-refractivity contribution < 1.29 is 9.53 Å². The highest BCUT2D eigenvalue weighted by Gasteiger charge is 2.64. The van der Waals surface area contributed by atoms with E-state index in [1.807, 2.05) is 0 Å². The summed E-state index contributed by atoms with van der Waals surface area (Å²) >= 11 is 0. The second kappa shape index (κ2) is 2.35. The van der Waals surface area contributed by atoms with Gasteiger partial charge in [0, 0.05) is 6.61 Å². The van der Waals surface area contributed by atoms with Crippen LogP contribution >= 0.6 is 0 Å². The van der Waals surface area contributed by atoms with Gasteiger partial charge in [-0.1, -0.05) is 0 Å². The van der Waals surface area contributed by atoms with Crippen LogP contribution in [0.15, 0.2) is 0 Å². The highest BCUT2D eigenvalue weighted by molar-refractivity contribution is 5.63. The van der Waals surface area contributed by atoms with Gasteiger partial charge in [0.2, 0.25) is 0 Å². The Bertz CT molecular complexity index is 236. The number of hydrogen-bond acceptors (Lipinski definition) is 2. The summed E-state index contributed by atoms with van der Waals surface area (Å²) in [4.78, 5) is 11.0. The van der Waals surface area contributed by atoms with E-state index in [4.69, 9.17) is 4.74 Å². The van der Waals surface area contributed by atoms with Crippen LogP contribution < -0.4 is 0 Å². The van der Waals surface area contributed by atoms with Gasteiger partial charge >= 0.3 is 0 Å². The molecular formula is C11H16O2. The smallest absolute Gasteiger partial charge is 0.151 e. The minimum Gasteiger partial charge on any atom is -0.368 e. The van der Waals surface area contributed by atoms with Gasteiger partial charge in [-0.05, 0) is 49.9 Å². The molecule has 3 rings (SSSR count).